The Morgan fingerprint density at radius 3 is 2.85 bits per heavy atom. The SMILES string of the molecule is Nc1c(-c2ccn[nH]2)cn[nH]c1=O. The maximum atomic E-state index is 11.1. The van der Waals surface area contributed by atoms with Crippen LogP contribution in [0.4, 0.5) is 5.69 Å². The molecule has 0 saturated heterocycles. The highest BCUT2D eigenvalue weighted by Crippen LogP contribution is 2.17. The van der Waals surface area contributed by atoms with Gasteiger partial charge in [-0.05, 0) is 6.07 Å². The number of aromatic amines is 2. The van der Waals surface area contributed by atoms with Gasteiger partial charge in [-0.2, -0.15) is 10.2 Å². The zero-order valence-corrected chi connectivity index (χ0v) is 6.61. The van der Waals surface area contributed by atoms with Crippen LogP contribution < -0.4 is 11.3 Å². The topological polar surface area (TPSA) is 100 Å². The minimum Gasteiger partial charge on any atom is -0.394 e. The van der Waals surface area contributed by atoms with Crippen LogP contribution in [0.15, 0.2) is 23.3 Å². The summed E-state index contributed by atoms with van der Waals surface area (Å²) in [5.74, 6) is 0. The number of nitrogens with one attached hydrogen (secondary N) is 2. The Morgan fingerprint density at radius 1 is 1.31 bits per heavy atom. The number of nitrogens with two attached hydrogens (primary N) is 1. The van der Waals surface area contributed by atoms with Gasteiger partial charge >= 0.3 is 0 Å². The van der Waals surface area contributed by atoms with Crippen molar-refractivity contribution in [1.82, 2.24) is 20.4 Å². The van der Waals surface area contributed by atoms with Crippen LogP contribution in [-0.2, 0) is 0 Å². The fourth-order valence-electron chi connectivity index (χ4n) is 1.03. The molecule has 0 bridgehead atoms. The van der Waals surface area contributed by atoms with Gasteiger partial charge in [-0.25, -0.2) is 5.10 Å². The van der Waals surface area contributed by atoms with E-state index in [0.29, 0.717) is 11.3 Å². The summed E-state index contributed by atoms with van der Waals surface area (Å²) in [6.07, 6.45) is 3.06. The van der Waals surface area contributed by atoms with Crippen LogP contribution in [-0.4, -0.2) is 20.4 Å². The largest absolute Gasteiger partial charge is 0.394 e. The zero-order chi connectivity index (χ0) is 9.26. The molecule has 0 amide bonds. The van der Waals surface area contributed by atoms with E-state index in [9.17, 15) is 4.79 Å². The molecule has 2 rings (SSSR count). The monoisotopic (exact) mass is 177 g/mol. The average molecular weight is 177 g/mol. The van der Waals surface area contributed by atoms with Gasteiger partial charge in [0.2, 0.25) is 0 Å². The fourth-order valence-corrected chi connectivity index (χ4v) is 1.03. The summed E-state index contributed by atoms with van der Waals surface area (Å²) in [6.45, 7) is 0. The highest BCUT2D eigenvalue weighted by Gasteiger charge is 2.06. The molecule has 2 aromatic rings. The third-order valence-electron chi connectivity index (χ3n) is 1.69. The van der Waals surface area contributed by atoms with Crippen molar-refractivity contribution in [2.45, 2.75) is 0 Å². The van der Waals surface area contributed by atoms with E-state index in [4.69, 9.17) is 5.73 Å². The van der Waals surface area contributed by atoms with Gasteiger partial charge in [0.25, 0.3) is 5.56 Å². The second-order valence-electron chi connectivity index (χ2n) is 2.50. The second kappa shape index (κ2) is 2.74. The van der Waals surface area contributed by atoms with Gasteiger partial charge in [-0.3, -0.25) is 9.89 Å². The molecular formula is C7H7N5O. The molecule has 2 aromatic heterocycles. The van der Waals surface area contributed by atoms with Crippen molar-refractivity contribution in [3.05, 3.63) is 28.8 Å². The summed E-state index contributed by atoms with van der Waals surface area (Å²) in [6, 6.07) is 1.72. The van der Waals surface area contributed by atoms with Gasteiger partial charge in [0.15, 0.2) is 0 Å². The van der Waals surface area contributed by atoms with Crippen molar-refractivity contribution in [2.75, 3.05) is 5.73 Å². The lowest BCUT2D eigenvalue weighted by Crippen LogP contribution is -2.14. The van der Waals surface area contributed by atoms with Crippen LogP contribution in [0.5, 0.6) is 0 Å². The highest BCUT2D eigenvalue weighted by atomic mass is 16.1. The first-order chi connectivity index (χ1) is 6.29. The van der Waals surface area contributed by atoms with Crippen LogP contribution in [0.1, 0.15) is 0 Å². The highest BCUT2D eigenvalue weighted by molar-refractivity contribution is 5.71. The number of anilines is 1. The summed E-state index contributed by atoms with van der Waals surface area (Å²) < 4.78 is 0. The molecule has 6 nitrogen and oxygen atoms in total. The Bertz CT molecular complexity index is 458. The van der Waals surface area contributed by atoms with E-state index < -0.39 is 5.56 Å². The van der Waals surface area contributed by atoms with Crippen molar-refractivity contribution >= 4 is 5.69 Å². The van der Waals surface area contributed by atoms with Crippen LogP contribution >= 0.6 is 0 Å². The van der Waals surface area contributed by atoms with Crippen LogP contribution in [0.2, 0.25) is 0 Å². The number of hydrogen-bond donors (Lipinski definition) is 3. The molecule has 0 aliphatic rings. The molecule has 0 fully saturated rings. The van der Waals surface area contributed by atoms with Crippen molar-refractivity contribution in [3.63, 3.8) is 0 Å². The van der Waals surface area contributed by atoms with Gasteiger partial charge in [0.1, 0.15) is 5.69 Å². The van der Waals surface area contributed by atoms with Crippen LogP contribution in [0.3, 0.4) is 0 Å². The molecular weight excluding hydrogens is 170 g/mol. The summed E-state index contributed by atoms with van der Waals surface area (Å²) in [7, 11) is 0. The van der Waals surface area contributed by atoms with Gasteiger partial charge in [0.05, 0.1) is 11.9 Å². The van der Waals surface area contributed by atoms with Gasteiger partial charge in [0, 0.05) is 11.8 Å². The Morgan fingerprint density at radius 2 is 2.15 bits per heavy atom. The van der Waals surface area contributed by atoms with Crippen molar-refractivity contribution in [1.29, 1.82) is 0 Å². The molecule has 6 heteroatoms. The average Bonchev–Trinajstić information content (AvgIpc) is 2.62. The zero-order valence-electron chi connectivity index (χ0n) is 6.61. The standard InChI is InChI=1S/C7H7N5O/c8-6-4(3-10-12-7(6)13)5-1-2-9-11-5/h1-3H,(H2,8,10)(H,9,11)(H,12,13). The molecule has 0 aliphatic heterocycles. The molecule has 4 N–H and O–H groups in total. The van der Waals surface area contributed by atoms with E-state index in [-0.39, 0.29) is 5.69 Å². The summed E-state index contributed by atoms with van der Waals surface area (Å²) in [4.78, 5) is 11.1. The van der Waals surface area contributed by atoms with E-state index in [1.54, 1.807) is 12.3 Å². The molecule has 2 heterocycles. The molecule has 0 aromatic carbocycles. The Kier molecular flexibility index (Phi) is 1.59. The third kappa shape index (κ3) is 1.18. The minimum atomic E-state index is -0.396. The number of nitrogens with zero attached hydrogens (tertiary/aromatic N) is 2. The van der Waals surface area contributed by atoms with E-state index in [0.717, 1.165) is 0 Å². The van der Waals surface area contributed by atoms with Crippen molar-refractivity contribution < 1.29 is 0 Å². The first-order valence-electron chi connectivity index (χ1n) is 3.62. The van der Waals surface area contributed by atoms with E-state index >= 15 is 0 Å². The van der Waals surface area contributed by atoms with E-state index in [1.165, 1.54) is 6.20 Å². The number of aromatic nitrogens is 4. The molecule has 66 valence electrons. The molecule has 0 saturated carbocycles. The minimum absolute atomic E-state index is 0.138. The van der Waals surface area contributed by atoms with Crippen molar-refractivity contribution in [2.24, 2.45) is 0 Å². The van der Waals surface area contributed by atoms with Crippen LogP contribution in [0, 0.1) is 0 Å². The Labute approximate surface area is 72.8 Å². The molecule has 0 unspecified atom stereocenters. The van der Waals surface area contributed by atoms with Gasteiger partial charge < -0.3 is 5.73 Å². The summed E-state index contributed by atoms with van der Waals surface area (Å²) >= 11 is 0. The smallest absolute Gasteiger partial charge is 0.287 e. The first-order valence-corrected chi connectivity index (χ1v) is 3.62. The fraction of sp³-hybridized carbons (Fsp3) is 0. The first kappa shape index (κ1) is 7.53. The number of hydrogen-bond acceptors (Lipinski definition) is 4. The lowest BCUT2D eigenvalue weighted by molar-refractivity contribution is 0.990. The third-order valence-corrected chi connectivity index (χ3v) is 1.69. The summed E-state index contributed by atoms with van der Waals surface area (Å²) in [5, 5.41) is 12.3. The lowest BCUT2D eigenvalue weighted by Gasteiger charge is -1.98. The molecule has 0 radical (unpaired) electrons. The summed E-state index contributed by atoms with van der Waals surface area (Å²) in [5.41, 5.74) is 6.52. The maximum Gasteiger partial charge on any atom is 0.287 e. The predicted molar refractivity (Wildman–Crippen MR) is 46.9 cm³/mol. The predicted octanol–water partition coefficient (Wildman–Crippen LogP) is -0.258. The maximum absolute atomic E-state index is 11.1. The van der Waals surface area contributed by atoms with E-state index in [1.807, 2.05) is 0 Å². The second-order valence-corrected chi connectivity index (χ2v) is 2.50. The van der Waals surface area contributed by atoms with Crippen molar-refractivity contribution in [3.8, 4) is 11.3 Å². The number of nitrogen functional groups attached to an aromatic ring is 1. The quantitative estimate of drug-likeness (QED) is 0.558. The normalized spacial score (nSPS) is 10.2. The Balaban J connectivity index is 2.66. The lowest BCUT2D eigenvalue weighted by atomic mass is 10.2. The number of rotatable bonds is 1. The van der Waals surface area contributed by atoms with Crippen LogP contribution in [0.25, 0.3) is 11.3 Å². The Hall–Kier alpha value is -2.11. The molecule has 0 spiro atoms. The molecule has 13 heavy (non-hydrogen) atoms. The van der Waals surface area contributed by atoms with Gasteiger partial charge in [-0.1, -0.05) is 0 Å². The molecule has 0 atom stereocenters. The van der Waals surface area contributed by atoms with E-state index in [2.05, 4.69) is 20.4 Å². The number of H-pyrrole nitrogens is 2. The van der Waals surface area contributed by atoms with Gasteiger partial charge in [-0.15, -0.1) is 0 Å². The molecule has 0 aliphatic carbocycles.